The van der Waals surface area contributed by atoms with Crippen molar-refractivity contribution in [1.29, 1.82) is 0 Å². The monoisotopic (exact) mass is 409 g/mol. The summed E-state index contributed by atoms with van der Waals surface area (Å²) in [5.74, 6) is 0.536. The molecule has 0 aliphatic carbocycles. The number of para-hydroxylation sites is 1. The first-order valence-corrected chi connectivity index (χ1v) is 10.1. The highest BCUT2D eigenvalue weighted by atomic mass is 32.1. The Labute approximate surface area is 173 Å². The number of thiazole rings is 1. The molecule has 2 aromatic carbocycles. The van der Waals surface area contributed by atoms with Crippen LogP contribution in [0.5, 0.6) is 5.75 Å². The maximum absolute atomic E-state index is 12.4. The minimum absolute atomic E-state index is 0.0237. The molecule has 7 heteroatoms. The molecule has 0 unspecified atom stereocenters. The van der Waals surface area contributed by atoms with Gasteiger partial charge in [0.25, 0.3) is 0 Å². The summed E-state index contributed by atoms with van der Waals surface area (Å²) in [7, 11) is 1.59. The topological polar surface area (TPSA) is 80.3 Å². The minimum Gasteiger partial charge on any atom is -0.496 e. The van der Waals surface area contributed by atoms with Crippen molar-refractivity contribution >= 4 is 28.3 Å². The van der Waals surface area contributed by atoms with Gasteiger partial charge in [0, 0.05) is 30.0 Å². The van der Waals surface area contributed by atoms with Gasteiger partial charge in [-0.3, -0.25) is 9.59 Å². The van der Waals surface area contributed by atoms with E-state index in [0.29, 0.717) is 17.4 Å². The molecule has 0 saturated heterocycles. The van der Waals surface area contributed by atoms with Crippen LogP contribution in [0, 0.1) is 0 Å². The van der Waals surface area contributed by atoms with Crippen molar-refractivity contribution in [3.63, 3.8) is 0 Å². The number of benzene rings is 2. The third-order valence-electron chi connectivity index (χ3n) is 4.33. The molecule has 0 atom stereocenters. The number of methoxy groups -OCH3 is 1. The number of nitrogens with one attached hydrogen (secondary N) is 2. The molecule has 2 amide bonds. The summed E-state index contributed by atoms with van der Waals surface area (Å²) in [6.45, 7) is 2.13. The van der Waals surface area contributed by atoms with Gasteiger partial charge in [-0.2, -0.15) is 0 Å². The van der Waals surface area contributed by atoms with Gasteiger partial charge in [0.2, 0.25) is 11.8 Å². The third-order valence-corrected chi connectivity index (χ3v) is 5.09. The number of ether oxygens (including phenoxy) is 1. The van der Waals surface area contributed by atoms with E-state index in [1.54, 1.807) is 7.11 Å². The van der Waals surface area contributed by atoms with E-state index in [4.69, 9.17) is 4.74 Å². The molecule has 0 spiro atoms. The quantitative estimate of drug-likeness (QED) is 0.595. The van der Waals surface area contributed by atoms with E-state index >= 15 is 0 Å². The normalized spacial score (nSPS) is 10.4. The highest BCUT2D eigenvalue weighted by molar-refractivity contribution is 7.14. The Morgan fingerprint density at radius 2 is 1.86 bits per heavy atom. The van der Waals surface area contributed by atoms with Crippen molar-refractivity contribution in [3.8, 4) is 17.0 Å². The highest BCUT2D eigenvalue weighted by Crippen LogP contribution is 2.26. The van der Waals surface area contributed by atoms with E-state index in [1.165, 1.54) is 18.3 Å². The largest absolute Gasteiger partial charge is 0.496 e. The van der Waals surface area contributed by atoms with Crippen molar-refractivity contribution in [2.24, 2.45) is 0 Å². The second-order valence-electron chi connectivity index (χ2n) is 6.50. The van der Waals surface area contributed by atoms with E-state index in [-0.39, 0.29) is 18.2 Å². The Morgan fingerprint density at radius 1 is 1.10 bits per heavy atom. The molecule has 1 aromatic heterocycles. The number of rotatable bonds is 8. The maximum atomic E-state index is 12.4. The number of nitrogens with zero attached hydrogens (tertiary/aromatic N) is 1. The molecule has 0 fully saturated rings. The standard InChI is InChI=1S/C22H23N3O3S/c1-15(26)23-12-11-16-7-9-17(10-8-16)19-14-29-22(24-19)25-21(27)13-18-5-3-4-6-20(18)28-2/h3-10,14H,11-13H2,1-2H3,(H,23,26)(H,24,25,27). The summed E-state index contributed by atoms with van der Waals surface area (Å²) in [6, 6.07) is 15.5. The van der Waals surface area contributed by atoms with E-state index in [2.05, 4.69) is 15.6 Å². The molecule has 3 aromatic rings. The first-order chi connectivity index (χ1) is 14.0. The number of hydrogen-bond donors (Lipinski definition) is 2. The molecular formula is C22H23N3O3S. The second-order valence-corrected chi connectivity index (χ2v) is 7.36. The van der Waals surface area contributed by atoms with Crippen molar-refractivity contribution in [2.75, 3.05) is 19.0 Å². The summed E-state index contributed by atoms with van der Waals surface area (Å²) >= 11 is 1.39. The van der Waals surface area contributed by atoms with Crippen molar-refractivity contribution in [1.82, 2.24) is 10.3 Å². The Bertz CT molecular complexity index is 983. The Hall–Kier alpha value is -3.19. The van der Waals surface area contributed by atoms with Gasteiger partial charge in [0.15, 0.2) is 5.13 Å². The minimum atomic E-state index is -0.135. The Balaban J connectivity index is 1.58. The van der Waals surface area contributed by atoms with Gasteiger partial charge in [-0.15, -0.1) is 11.3 Å². The van der Waals surface area contributed by atoms with Gasteiger partial charge in [-0.1, -0.05) is 42.5 Å². The summed E-state index contributed by atoms with van der Waals surface area (Å²) in [5, 5.41) is 8.13. The molecule has 0 radical (unpaired) electrons. The van der Waals surface area contributed by atoms with Crippen molar-refractivity contribution in [3.05, 3.63) is 65.0 Å². The molecule has 150 valence electrons. The Morgan fingerprint density at radius 3 is 2.59 bits per heavy atom. The van der Waals surface area contributed by atoms with Crippen LogP contribution in [0.1, 0.15) is 18.1 Å². The van der Waals surface area contributed by atoms with Crippen LogP contribution in [-0.2, 0) is 22.4 Å². The third kappa shape index (κ3) is 5.89. The van der Waals surface area contributed by atoms with Crippen LogP contribution in [0.2, 0.25) is 0 Å². The smallest absolute Gasteiger partial charge is 0.230 e. The number of anilines is 1. The molecule has 3 rings (SSSR count). The first kappa shape index (κ1) is 20.5. The van der Waals surface area contributed by atoms with Gasteiger partial charge < -0.3 is 15.4 Å². The van der Waals surface area contributed by atoms with E-state index in [9.17, 15) is 9.59 Å². The SMILES string of the molecule is COc1ccccc1CC(=O)Nc1nc(-c2ccc(CCNC(C)=O)cc2)cs1. The lowest BCUT2D eigenvalue weighted by Crippen LogP contribution is -2.22. The van der Waals surface area contributed by atoms with Crippen molar-refractivity contribution < 1.29 is 14.3 Å². The zero-order valence-corrected chi connectivity index (χ0v) is 17.2. The lowest BCUT2D eigenvalue weighted by molar-refractivity contribution is -0.119. The van der Waals surface area contributed by atoms with Crippen LogP contribution in [-0.4, -0.2) is 30.5 Å². The van der Waals surface area contributed by atoms with Crippen LogP contribution < -0.4 is 15.4 Å². The maximum Gasteiger partial charge on any atom is 0.230 e. The number of carbonyl (C=O) groups excluding carboxylic acids is 2. The fraction of sp³-hybridized carbons (Fsp3) is 0.227. The van der Waals surface area contributed by atoms with Gasteiger partial charge in [0.1, 0.15) is 5.75 Å². The van der Waals surface area contributed by atoms with Gasteiger partial charge in [-0.25, -0.2) is 4.98 Å². The molecule has 0 bridgehead atoms. The summed E-state index contributed by atoms with van der Waals surface area (Å²) in [6.07, 6.45) is 1.00. The van der Waals surface area contributed by atoms with Gasteiger partial charge in [-0.05, 0) is 18.1 Å². The number of amides is 2. The molecule has 0 saturated carbocycles. The van der Waals surface area contributed by atoms with Crippen LogP contribution in [0.25, 0.3) is 11.3 Å². The molecule has 0 aliphatic heterocycles. The average Bonchev–Trinajstić information content (AvgIpc) is 3.17. The van der Waals surface area contributed by atoms with Crippen LogP contribution in [0.3, 0.4) is 0 Å². The number of aromatic nitrogens is 1. The summed E-state index contributed by atoms with van der Waals surface area (Å²) in [4.78, 5) is 27.8. The molecule has 0 aliphatic rings. The second kappa shape index (κ2) is 9.84. The van der Waals surface area contributed by atoms with Crippen LogP contribution >= 0.6 is 11.3 Å². The molecule has 6 nitrogen and oxygen atoms in total. The van der Waals surface area contributed by atoms with E-state index in [1.807, 2.05) is 53.9 Å². The molecule has 1 heterocycles. The van der Waals surface area contributed by atoms with E-state index < -0.39 is 0 Å². The predicted octanol–water partition coefficient (Wildman–Crippen LogP) is 3.68. The fourth-order valence-electron chi connectivity index (χ4n) is 2.87. The molecule has 29 heavy (non-hydrogen) atoms. The number of carbonyl (C=O) groups is 2. The summed E-state index contributed by atoms with van der Waals surface area (Å²) in [5.41, 5.74) is 3.77. The lowest BCUT2D eigenvalue weighted by Gasteiger charge is -2.07. The molecule has 2 N–H and O–H groups in total. The summed E-state index contributed by atoms with van der Waals surface area (Å²) < 4.78 is 5.29. The highest BCUT2D eigenvalue weighted by Gasteiger charge is 2.11. The Kier molecular flexibility index (Phi) is 6.97. The zero-order valence-electron chi connectivity index (χ0n) is 16.4. The predicted molar refractivity (Wildman–Crippen MR) is 115 cm³/mol. The number of hydrogen-bond acceptors (Lipinski definition) is 5. The van der Waals surface area contributed by atoms with E-state index in [0.717, 1.165) is 28.8 Å². The molecular weight excluding hydrogens is 386 g/mol. The zero-order chi connectivity index (χ0) is 20.6. The lowest BCUT2D eigenvalue weighted by atomic mass is 10.1. The van der Waals surface area contributed by atoms with Crippen LogP contribution in [0.4, 0.5) is 5.13 Å². The van der Waals surface area contributed by atoms with Crippen LogP contribution in [0.15, 0.2) is 53.9 Å². The van der Waals surface area contributed by atoms with Crippen molar-refractivity contribution in [2.45, 2.75) is 19.8 Å². The van der Waals surface area contributed by atoms with Gasteiger partial charge >= 0.3 is 0 Å². The average molecular weight is 410 g/mol. The first-order valence-electron chi connectivity index (χ1n) is 9.26. The fourth-order valence-corrected chi connectivity index (χ4v) is 3.61. The van der Waals surface area contributed by atoms with Gasteiger partial charge in [0.05, 0.1) is 19.2 Å².